The van der Waals surface area contributed by atoms with Crippen LogP contribution in [0.15, 0.2) is 0 Å². The summed E-state index contributed by atoms with van der Waals surface area (Å²) in [5.74, 6) is 0.690. The minimum absolute atomic E-state index is 0.441. The van der Waals surface area contributed by atoms with Gasteiger partial charge in [-0.15, -0.1) is 0 Å². The van der Waals surface area contributed by atoms with Gasteiger partial charge in [0.25, 0.3) is 0 Å². The van der Waals surface area contributed by atoms with E-state index in [1.165, 1.54) is 6.42 Å². The molecule has 1 heteroatoms. The minimum Gasteiger partial charge on any atom is -0.381 e. The molecule has 0 aliphatic carbocycles. The molecule has 1 atom stereocenters. The Morgan fingerprint density at radius 2 is 1.82 bits per heavy atom. The van der Waals surface area contributed by atoms with Crippen molar-refractivity contribution in [1.29, 1.82) is 0 Å². The van der Waals surface area contributed by atoms with E-state index < -0.39 is 0 Å². The summed E-state index contributed by atoms with van der Waals surface area (Å²) in [6, 6.07) is 0. The summed E-state index contributed by atoms with van der Waals surface area (Å²) in [4.78, 5) is 0. The van der Waals surface area contributed by atoms with Crippen LogP contribution in [-0.4, -0.2) is 13.2 Å². The number of rotatable bonds is 4. The average molecular weight is 158 g/mol. The van der Waals surface area contributed by atoms with Gasteiger partial charge in [-0.05, 0) is 24.7 Å². The Bertz CT molecular complexity index is 91.5. The summed E-state index contributed by atoms with van der Waals surface area (Å²) < 4.78 is 5.34. The second kappa shape index (κ2) is 4.76. The molecule has 0 N–H and O–H groups in total. The first-order chi connectivity index (χ1) is 4.95. The first-order valence-electron chi connectivity index (χ1n) is 4.53. The lowest BCUT2D eigenvalue weighted by Gasteiger charge is -2.22. The quantitative estimate of drug-likeness (QED) is 0.611. The van der Waals surface area contributed by atoms with Crippen molar-refractivity contribution < 1.29 is 4.74 Å². The lowest BCUT2D eigenvalue weighted by Crippen LogP contribution is -2.15. The molecule has 0 aromatic carbocycles. The summed E-state index contributed by atoms with van der Waals surface area (Å²) in [5.41, 5.74) is 0.441. The Morgan fingerprint density at radius 3 is 2.18 bits per heavy atom. The minimum atomic E-state index is 0.441. The summed E-state index contributed by atoms with van der Waals surface area (Å²) >= 11 is 0. The van der Waals surface area contributed by atoms with E-state index >= 15 is 0 Å². The van der Waals surface area contributed by atoms with Crippen LogP contribution in [0, 0.1) is 11.3 Å². The summed E-state index contributed by atoms with van der Waals surface area (Å²) in [6.07, 6.45) is 1.24. The molecule has 0 amide bonds. The molecule has 0 rings (SSSR count). The fourth-order valence-electron chi connectivity index (χ4n) is 1.42. The van der Waals surface area contributed by atoms with E-state index in [4.69, 9.17) is 4.74 Å². The summed E-state index contributed by atoms with van der Waals surface area (Å²) in [5, 5.41) is 0. The molecule has 0 saturated carbocycles. The van der Waals surface area contributed by atoms with E-state index in [-0.39, 0.29) is 0 Å². The Labute approximate surface area is 71.1 Å². The number of ether oxygens (including phenoxy) is 1. The third kappa shape index (κ3) is 7.86. The van der Waals surface area contributed by atoms with Crippen LogP contribution in [0.25, 0.3) is 0 Å². The van der Waals surface area contributed by atoms with Crippen molar-refractivity contribution in [3.05, 3.63) is 0 Å². The Morgan fingerprint density at radius 1 is 1.27 bits per heavy atom. The van der Waals surface area contributed by atoms with E-state index in [2.05, 4.69) is 27.7 Å². The predicted molar refractivity (Wildman–Crippen MR) is 49.7 cm³/mol. The zero-order valence-corrected chi connectivity index (χ0v) is 8.61. The van der Waals surface area contributed by atoms with Gasteiger partial charge in [0, 0.05) is 13.2 Å². The fourth-order valence-corrected chi connectivity index (χ4v) is 1.42. The fraction of sp³-hybridized carbons (Fsp3) is 1.00. The highest BCUT2D eigenvalue weighted by atomic mass is 16.5. The maximum Gasteiger partial charge on any atom is 0.0491 e. The average Bonchev–Trinajstić information content (AvgIpc) is 1.79. The van der Waals surface area contributed by atoms with Crippen LogP contribution in [0.5, 0.6) is 0 Å². The van der Waals surface area contributed by atoms with Gasteiger partial charge in [0.15, 0.2) is 0 Å². The van der Waals surface area contributed by atoms with Crippen molar-refractivity contribution in [3.8, 4) is 0 Å². The first kappa shape index (κ1) is 11.0. The summed E-state index contributed by atoms with van der Waals surface area (Å²) in [7, 11) is 0. The van der Waals surface area contributed by atoms with Gasteiger partial charge >= 0.3 is 0 Å². The van der Waals surface area contributed by atoms with Crippen molar-refractivity contribution in [2.24, 2.45) is 11.3 Å². The molecular formula is C10H22O. The smallest absolute Gasteiger partial charge is 0.0491 e. The van der Waals surface area contributed by atoms with Crippen molar-refractivity contribution in [2.75, 3.05) is 13.2 Å². The van der Waals surface area contributed by atoms with Crippen molar-refractivity contribution in [3.63, 3.8) is 0 Å². The zero-order chi connectivity index (χ0) is 8.91. The predicted octanol–water partition coefficient (Wildman–Crippen LogP) is 3.10. The van der Waals surface area contributed by atoms with Gasteiger partial charge in [-0.3, -0.25) is 0 Å². The molecule has 0 bridgehead atoms. The standard InChI is InChI=1S/C10H22O/c1-6-11-8-9(2)7-10(3,4)5/h9H,6-8H2,1-5H3. The molecule has 1 unspecified atom stereocenters. The molecule has 0 fully saturated rings. The third-order valence-corrected chi connectivity index (χ3v) is 1.57. The van der Waals surface area contributed by atoms with Gasteiger partial charge in [-0.2, -0.15) is 0 Å². The highest BCUT2D eigenvalue weighted by Crippen LogP contribution is 2.23. The molecule has 0 aromatic rings. The lowest BCUT2D eigenvalue weighted by atomic mass is 9.86. The SMILES string of the molecule is CCOCC(C)CC(C)(C)C. The van der Waals surface area contributed by atoms with Crippen LogP contribution in [0.3, 0.4) is 0 Å². The van der Waals surface area contributed by atoms with Gasteiger partial charge in [-0.25, -0.2) is 0 Å². The van der Waals surface area contributed by atoms with Gasteiger partial charge in [0.2, 0.25) is 0 Å². The topological polar surface area (TPSA) is 9.23 Å². The lowest BCUT2D eigenvalue weighted by molar-refractivity contribution is 0.0990. The Hall–Kier alpha value is -0.0400. The van der Waals surface area contributed by atoms with Crippen LogP contribution in [0.4, 0.5) is 0 Å². The third-order valence-electron chi connectivity index (χ3n) is 1.57. The van der Waals surface area contributed by atoms with Crippen LogP contribution in [0.1, 0.15) is 41.0 Å². The highest BCUT2D eigenvalue weighted by molar-refractivity contribution is 4.65. The van der Waals surface area contributed by atoms with Crippen LogP contribution < -0.4 is 0 Å². The van der Waals surface area contributed by atoms with Gasteiger partial charge in [0.05, 0.1) is 0 Å². The molecule has 0 heterocycles. The van der Waals surface area contributed by atoms with E-state index in [9.17, 15) is 0 Å². The van der Waals surface area contributed by atoms with Crippen molar-refractivity contribution in [2.45, 2.75) is 41.0 Å². The van der Waals surface area contributed by atoms with Crippen molar-refractivity contribution in [1.82, 2.24) is 0 Å². The maximum absolute atomic E-state index is 5.34. The number of hydrogen-bond donors (Lipinski definition) is 0. The molecule has 0 aliphatic rings. The summed E-state index contributed by atoms with van der Waals surface area (Å²) in [6.45, 7) is 12.9. The van der Waals surface area contributed by atoms with E-state index in [1.807, 2.05) is 6.92 Å². The van der Waals surface area contributed by atoms with Gasteiger partial charge < -0.3 is 4.74 Å². The molecule has 1 nitrogen and oxygen atoms in total. The molecule has 11 heavy (non-hydrogen) atoms. The molecule has 0 radical (unpaired) electrons. The molecule has 0 aliphatic heterocycles. The van der Waals surface area contributed by atoms with Crippen molar-refractivity contribution >= 4 is 0 Å². The van der Waals surface area contributed by atoms with Crippen LogP contribution in [0.2, 0.25) is 0 Å². The highest BCUT2D eigenvalue weighted by Gasteiger charge is 2.14. The largest absolute Gasteiger partial charge is 0.381 e. The first-order valence-corrected chi connectivity index (χ1v) is 4.53. The molecule has 0 spiro atoms. The van der Waals surface area contributed by atoms with E-state index in [0.717, 1.165) is 13.2 Å². The second-order valence-corrected chi connectivity index (χ2v) is 4.53. The number of hydrogen-bond acceptors (Lipinski definition) is 1. The van der Waals surface area contributed by atoms with E-state index in [1.54, 1.807) is 0 Å². The second-order valence-electron chi connectivity index (χ2n) is 4.53. The molecule has 68 valence electrons. The van der Waals surface area contributed by atoms with E-state index in [0.29, 0.717) is 11.3 Å². The monoisotopic (exact) mass is 158 g/mol. The molecule has 0 saturated heterocycles. The van der Waals surface area contributed by atoms with Crippen LogP contribution in [-0.2, 0) is 4.74 Å². The normalized spacial score (nSPS) is 15.0. The maximum atomic E-state index is 5.34. The van der Waals surface area contributed by atoms with Crippen LogP contribution >= 0.6 is 0 Å². The van der Waals surface area contributed by atoms with Gasteiger partial charge in [0.1, 0.15) is 0 Å². The molecule has 0 aromatic heterocycles. The molecular weight excluding hydrogens is 136 g/mol. The Kier molecular flexibility index (Phi) is 4.74. The Balaban J connectivity index is 3.44. The zero-order valence-electron chi connectivity index (χ0n) is 8.61. The van der Waals surface area contributed by atoms with Gasteiger partial charge in [-0.1, -0.05) is 27.7 Å².